The second kappa shape index (κ2) is 5.72. The number of rotatable bonds is 4. The van der Waals surface area contributed by atoms with E-state index in [1.54, 1.807) is 6.92 Å². The Bertz CT molecular complexity index is 417. The van der Waals surface area contributed by atoms with Crippen molar-refractivity contribution in [3.05, 3.63) is 48.0 Å². The average molecular weight is 214 g/mol. The number of carbonyl (C=O) groups is 1. The lowest BCUT2D eigenvalue weighted by Gasteiger charge is -2.19. The van der Waals surface area contributed by atoms with E-state index in [1.165, 1.54) is 4.90 Å². The molecule has 0 unspecified atom stereocenters. The fourth-order valence-corrected chi connectivity index (χ4v) is 1.36. The molecule has 3 nitrogen and oxygen atoms in total. The molecule has 0 spiro atoms. The summed E-state index contributed by atoms with van der Waals surface area (Å²) in [7, 11) is 0. The number of benzene rings is 1. The normalized spacial score (nSPS) is 9.25. The van der Waals surface area contributed by atoms with Gasteiger partial charge in [0, 0.05) is 12.1 Å². The summed E-state index contributed by atoms with van der Waals surface area (Å²) < 4.78 is 0. The van der Waals surface area contributed by atoms with Crippen molar-refractivity contribution >= 4 is 5.91 Å². The highest BCUT2D eigenvalue weighted by atomic mass is 16.2. The van der Waals surface area contributed by atoms with Crippen molar-refractivity contribution in [3.8, 4) is 6.07 Å². The van der Waals surface area contributed by atoms with Crippen molar-refractivity contribution in [2.24, 2.45) is 0 Å². The van der Waals surface area contributed by atoms with Gasteiger partial charge in [-0.15, -0.1) is 0 Å². The maximum atomic E-state index is 11.7. The third-order valence-corrected chi connectivity index (χ3v) is 2.13. The van der Waals surface area contributed by atoms with E-state index in [0.717, 1.165) is 5.56 Å². The molecule has 1 amide bonds. The Labute approximate surface area is 95.6 Å². The van der Waals surface area contributed by atoms with Gasteiger partial charge in [0.25, 0.3) is 0 Å². The smallest absolute Gasteiger partial charge is 0.250 e. The molecule has 0 bridgehead atoms. The van der Waals surface area contributed by atoms with E-state index >= 15 is 0 Å². The number of amides is 1. The van der Waals surface area contributed by atoms with Crippen molar-refractivity contribution in [1.82, 2.24) is 4.90 Å². The van der Waals surface area contributed by atoms with Gasteiger partial charge in [-0.1, -0.05) is 36.9 Å². The highest BCUT2D eigenvalue weighted by molar-refractivity contribution is 5.92. The molecule has 1 rings (SSSR count). The Morgan fingerprint density at radius 1 is 1.44 bits per heavy atom. The minimum Gasteiger partial charge on any atom is -0.321 e. The van der Waals surface area contributed by atoms with Crippen LogP contribution in [-0.4, -0.2) is 17.4 Å². The zero-order valence-corrected chi connectivity index (χ0v) is 9.31. The van der Waals surface area contributed by atoms with Gasteiger partial charge < -0.3 is 4.90 Å². The zero-order chi connectivity index (χ0) is 12.0. The van der Waals surface area contributed by atoms with Crippen LogP contribution in [0.1, 0.15) is 12.5 Å². The first-order chi connectivity index (χ1) is 7.65. The average Bonchev–Trinajstić information content (AvgIpc) is 2.29. The van der Waals surface area contributed by atoms with Crippen LogP contribution in [-0.2, 0) is 11.3 Å². The van der Waals surface area contributed by atoms with Crippen molar-refractivity contribution < 1.29 is 4.79 Å². The third-order valence-electron chi connectivity index (χ3n) is 2.13. The number of hydrogen-bond acceptors (Lipinski definition) is 2. The monoisotopic (exact) mass is 214 g/mol. The van der Waals surface area contributed by atoms with Crippen molar-refractivity contribution in [2.45, 2.75) is 13.5 Å². The largest absolute Gasteiger partial charge is 0.321 e. The summed E-state index contributed by atoms with van der Waals surface area (Å²) in [6.07, 6.45) is 0. The lowest BCUT2D eigenvalue weighted by atomic mass is 10.2. The summed E-state index contributed by atoms with van der Waals surface area (Å²) >= 11 is 0. The molecule has 0 radical (unpaired) electrons. The summed E-state index contributed by atoms with van der Waals surface area (Å²) in [4.78, 5) is 13.2. The summed E-state index contributed by atoms with van der Waals surface area (Å²) in [5, 5.41) is 8.67. The van der Waals surface area contributed by atoms with E-state index in [-0.39, 0.29) is 12.5 Å². The molecule has 16 heavy (non-hydrogen) atoms. The molecule has 0 atom stereocenters. The van der Waals surface area contributed by atoms with Gasteiger partial charge >= 0.3 is 0 Å². The number of nitrogens with zero attached hydrogens (tertiary/aromatic N) is 2. The molecule has 3 heteroatoms. The van der Waals surface area contributed by atoms with Crippen LogP contribution in [0.3, 0.4) is 0 Å². The molecular weight excluding hydrogens is 200 g/mol. The second-order valence-corrected chi connectivity index (χ2v) is 3.59. The molecule has 0 saturated carbocycles. The second-order valence-electron chi connectivity index (χ2n) is 3.59. The molecule has 0 aliphatic heterocycles. The fraction of sp³-hybridized carbons (Fsp3) is 0.231. The maximum Gasteiger partial charge on any atom is 0.250 e. The summed E-state index contributed by atoms with van der Waals surface area (Å²) in [5.41, 5.74) is 1.46. The van der Waals surface area contributed by atoms with Crippen LogP contribution in [0.5, 0.6) is 0 Å². The van der Waals surface area contributed by atoms with E-state index in [4.69, 9.17) is 5.26 Å². The number of hydrogen-bond donors (Lipinski definition) is 0. The maximum absolute atomic E-state index is 11.7. The Hall–Kier alpha value is -2.08. The number of carbonyl (C=O) groups excluding carboxylic acids is 1. The first-order valence-corrected chi connectivity index (χ1v) is 5.01. The van der Waals surface area contributed by atoms with Gasteiger partial charge in [0.15, 0.2) is 0 Å². The molecule has 0 aromatic heterocycles. The van der Waals surface area contributed by atoms with Crippen molar-refractivity contribution in [2.75, 3.05) is 6.54 Å². The molecule has 0 fully saturated rings. The van der Waals surface area contributed by atoms with E-state index in [0.29, 0.717) is 12.1 Å². The summed E-state index contributed by atoms with van der Waals surface area (Å²) in [6, 6.07) is 11.6. The summed E-state index contributed by atoms with van der Waals surface area (Å²) in [5.74, 6) is -0.176. The van der Waals surface area contributed by atoms with Crippen molar-refractivity contribution in [1.29, 1.82) is 5.26 Å². The van der Waals surface area contributed by atoms with E-state index in [9.17, 15) is 4.79 Å². The van der Waals surface area contributed by atoms with Gasteiger partial charge in [0.05, 0.1) is 6.07 Å². The first-order valence-electron chi connectivity index (χ1n) is 5.01. The van der Waals surface area contributed by atoms with E-state index < -0.39 is 0 Å². The van der Waals surface area contributed by atoms with Crippen LogP contribution >= 0.6 is 0 Å². The molecule has 0 aliphatic carbocycles. The Balaban J connectivity index is 2.77. The molecule has 1 aromatic rings. The van der Waals surface area contributed by atoms with Crippen LogP contribution in [0.4, 0.5) is 0 Å². The molecular formula is C13H14N2O. The van der Waals surface area contributed by atoms with Crippen LogP contribution in [0.25, 0.3) is 0 Å². The Kier molecular flexibility index (Phi) is 4.28. The molecule has 1 aromatic carbocycles. The van der Waals surface area contributed by atoms with Crippen LogP contribution in [0, 0.1) is 11.3 Å². The summed E-state index contributed by atoms with van der Waals surface area (Å²) in [6.45, 7) is 5.78. The Morgan fingerprint density at radius 2 is 2.06 bits per heavy atom. The van der Waals surface area contributed by atoms with Crippen LogP contribution in [0.2, 0.25) is 0 Å². The molecule has 0 N–H and O–H groups in total. The minimum absolute atomic E-state index is 0.0839. The minimum atomic E-state index is -0.176. The Morgan fingerprint density at radius 3 is 2.56 bits per heavy atom. The standard InChI is InChI=1S/C13H14N2O/c1-11(2)13(16)15(9-8-14)10-12-6-4-3-5-7-12/h3-7H,1,9-10H2,2H3. The molecule has 0 aliphatic rings. The van der Waals surface area contributed by atoms with E-state index in [2.05, 4.69) is 6.58 Å². The van der Waals surface area contributed by atoms with Gasteiger partial charge in [-0.05, 0) is 12.5 Å². The predicted octanol–water partition coefficient (Wildman–Crippen LogP) is 2.11. The topological polar surface area (TPSA) is 44.1 Å². The van der Waals surface area contributed by atoms with Crippen LogP contribution in [0.15, 0.2) is 42.5 Å². The predicted molar refractivity (Wildman–Crippen MR) is 62.3 cm³/mol. The van der Waals surface area contributed by atoms with Gasteiger partial charge in [-0.25, -0.2) is 0 Å². The highest BCUT2D eigenvalue weighted by Gasteiger charge is 2.13. The first kappa shape index (κ1) is 12.0. The lowest BCUT2D eigenvalue weighted by molar-refractivity contribution is -0.127. The molecule has 82 valence electrons. The molecule has 0 heterocycles. The van der Waals surface area contributed by atoms with Gasteiger partial charge in [-0.2, -0.15) is 5.26 Å². The van der Waals surface area contributed by atoms with E-state index in [1.807, 2.05) is 36.4 Å². The molecule has 0 saturated heterocycles. The fourth-order valence-electron chi connectivity index (χ4n) is 1.36. The highest BCUT2D eigenvalue weighted by Crippen LogP contribution is 2.07. The quantitative estimate of drug-likeness (QED) is 0.569. The van der Waals surface area contributed by atoms with Gasteiger partial charge in [0.1, 0.15) is 6.54 Å². The third kappa shape index (κ3) is 3.25. The zero-order valence-electron chi connectivity index (χ0n) is 9.31. The van der Waals surface area contributed by atoms with Gasteiger partial charge in [-0.3, -0.25) is 4.79 Å². The van der Waals surface area contributed by atoms with Crippen molar-refractivity contribution in [3.63, 3.8) is 0 Å². The lowest BCUT2D eigenvalue weighted by Crippen LogP contribution is -2.31. The van der Waals surface area contributed by atoms with Gasteiger partial charge in [0.2, 0.25) is 5.91 Å². The SMILES string of the molecule is C=C(C)C(=O)N(CC#N)Cc1ccccc1. The van der Waals surface area contributed by atoms with Crippen LogP contribution < -0.4 is 0 Å². The number of nitriles is 1.